The van der Waals surface area contributed by atoms with Crippen LogP contribution in [0.4, 0.5) is 0 Å². The van der Waals surface area contributed by atoms with E-state index in [9.17, 15) is 13.5 Å². The van der Waals surface area contributed by atoms with Crippen LogP contribution in [0.25, 0.3) is 0 Å². The summed E-state index contributed by atoms with van der Waals surface area (Å²) in [6.45, 7) is 5.39. The Labute approximate surface area is 128 Å². The van der Waals surface area contributed by atoms with E-state index in [4.69, 9.17) is 0 Å². The SMILES string of the molecule is Cc1csc(CO)c1S(=O)(=O)NCc1c(C)nn(C)c1C. The van der Waals surface area contributed by atoms with Gasteiger partial charge in [0, 0.05) is 24.8 Å². The molecule has 0 saturated carbocycles. The largest absolute Gasteiger partial charge is 0.391 e. The Hall–Kier alpha value is -1.22. The molecular formula is C13H19N3O3S2. The Bertz CT molecular complexity index is 760. The molecule has 0 aromatic carbocycles. The molecule has 21 heavy (non-hydrogen) atoms. The molecule has 0 aliphatic heterocycles. The zero-order valence-corrected chi connectivity index (χ0v) is 14.1. The lowest BCUT2D eigenvalue weighted by atomic mass is 10.2. The second kappa shape index (κ2) is 5.88. The van der Waals surface area contributed by atoms with E-state index in [1.165, 1.54) is 11.3 Å². The van der Waals surface area contributed by atoms with Crippen LogP contribution >= 0.6 is 11.3 Å². The van der Waals surface area contributed by atoms with Crippen molar-refractivity contribution in [3.8, 4) is 0 Å². The minimum atomic E-state index is -3.65. The predicted molar refractivity (Wildman–Crippen MR) is 81.7 cm³/mol. The van der Waals surface area contributed by atoms with Crippen molar-refractivity contribution >= 4 is 21.4 Å². The van der Waals surface area contributed by atoms with Crippen LogP contribution in [0.5, 0.6) is 0 Å². The molecule has 0 aliphatic rings. The van der Waals surface area contributed by atoms with E-state index in [1.807, 2.05) is 20.9 Å². The first kappa shape index (κ1) is 16.2. The van der Waals surface area contributed by atoms with E-state index in [0.29, 0.717) is 10.4 Å². The number of rotatable bonds is 5. The third kappa shape index (κ3) is 3.03. The zero-order chi connectivity index (χ0) is 15.8. The van der Waals surface area contributed by atoms with Crippen molar-refractivity contribution in [2.75, 3.05) is 0 Å². The summed E-state index contributed by atoms with van der Waals surface area (Å²) >= 11 is 1.25. The van der Waals surface area contributed by atoms with Crippen LogP contribution in [0.1, 0.15) is 27.4 Å². The molecule has 0 atom stereocenters. The molecule has 2 N–H and O–H groups in total. The average Bonchev–Trinajstić information content (AvgIpc) is 2.90. The molecule has 0 fully saturated rings. The highest BCUT2D eigenvalue weighted by atomic mass is 32.2. The number of aromatic nitrogens is 2. The lowest BCUT2D eigenvalue weighted by Gasteiger charge is -2.09. The lowest BCUT2D eigenvalue weighted by Crippen LogP contribution is -2.25. The van der Waals surface area contributed by atoms with Crippen LogP contribution in [0.2, 0.25) is 0 Å². The average molecular weight is 329 g/mol. The van der Waals surface area contributed by atoms with Crippen LogP contribution in [0.3, 0.4) is 0 Å². The number of hydrogen-bond acceptors (Lipinski definition) is 5. The summed E-state index contributed by atoms with van der Waals surface area (Å²) in [7, 11) is -1.82. The first-order valence-electron chi connectivity index (χ1n) is 6.44. The van der Waals surface area contributed by atoms with Gasteiger partial charge in [-0.15, -0.1) is 11.3 Å². The maximum absolute atomic E-state index is 12.5. The standard InChI is InChI=1S/C13H19N3O3S2/c1-8-7-20-12(6-17)13(8)21(18,19)14-5-11-9(2)15-16(4)10(11)3/h7,14,17H,5-6H2,1-4H3. The summed E-state index contributed by atoms with van der Waals surface area (Å²) in [5, 5.41) is 15.3. The molecule has 0 radical (unpaired) electrons. The summed E-state index contributed by atoms with van der Waals surface area (Å²) in [5.74, 6) is 0. The number of aliphatic hydroxyl groups is 1. The van der Waals surface area contributed by atoms with Gasteiger partial charge in [-0.3, -0.25) is 4.68 Å². The fourth-order valence-corrected chi connectivity index (χ4v) is 4.92. The van der Waals surface area contributed by atoms with E-state index >= 15 is 0 Å². The van der Waals surface area contributed by atoms with Gasteiger partial charge in [-0.1, -0.05) is 0 Å². The first-order valence-corrected chi connectivity index (χ1v) is 8.80. The molecule has 0 bridgehead atoms. The Morgan fingerprint density at radius 2 is 2.05 bits per heavy atom. The highest BCUT2D eigenvalue weighted by molar-refractivity contribution is 7.89. The number of aliphatic hydroxyl groups excluding tert-OH is 1. The number of nitrogens with zero attached hydrogens (tertiary/aromatic N) is 2. The third-order valence-electron chi connectivity index (χ3n) is 3.50. The van der Waals surface area contributed by atoms with Gasteiger partial charge in [0.05, 0.1) is 17.2 Å². The number of thiophene rings is 1. The normalized spacial score (nSPS) is 12.0. The number of aryl methyl sites for hydroxylation is 3. The van der Waals surface area contributed by atoms with Crippen molar-refractivity contribution in [2.24, 2.45) is 7.05 Å². The second-order valence-corrected chi connectivity index (χ2v) is 7.59. The number of hydrogen-bond donors (Lipinski definition) is 2. The molecule has 6 nitrogen and oxygen atoms in total. The highest BCUT2D eigenvalue weighted by Crippen LogP contribution is 2.27. The molecular weight excluding hydrogens is 310 g/mol. The van der Waals surface area contributed by atoms with Crippen LogP contribution < -0.4 is 4.72 Å². The summed E-state index contributed by atoms with van der Waals surface area (Å²) in [6.07, 6.45) is 0. The minimum absolute atomic E-state index is 0.188. The van der Waals surface area contributed by atoms with E-state index in [-0.39, 0.29) is 18.0 Å². The molecule has 116 valence electrons. The quantitative estimate of drug-likeness (QED) is 0.868. The van der Waals surface area contributed by atoms with E-state index in [0.717, 1.165) is 17.0 Å². The van der Waals surface area contributed by atoms with Gasteiger partial charge in [0.1, 0.15) is 4.90 Å². The van der Waals surface area contributed by atoms with Gasteiger partial charge in [-0.25, -0.2) is 13.1 Å². The molecule has 2 heterocycles. The van der Waals surface area contributed by atoms with Gasteiger partial charge in [0.25, 0.3) is 0 Å². The molecule has 0 aliphatic carbocycles. The van der Waals surface area contributed by atoms with Crippen LogP contribution in [-0.4, -0.2) is 23.3 Å². The molecule has 0 spiro atoms. The smallest absolute Gasteiger partial charge is 0.242 e. The van der Waals surface area contributed by atoms with Crippen molar-refractivity contribution in [1.29, 1.82) is 0 Å². The molecule has 0 amide bonds. The van der Waals surface area contributed by atoms with Crippen LogP contribution in [-0.2, 0) is 30.2 Å². The number of nitrogens with one attached hydrogen (secondary N) is 1. The maximum Gasteiger partial charge on any atom is 0.242 e. The topological polar surface area (TPSA) is 84.2 Å². The summed E-state index contributed by atoms with van der Waals surface area (Å²) in [4.78, 5) is 0.647. The van der Waals surface area contributed by atoms with Crippen molar-refractivity contribution < 1.29 is 13.5 Å². The van der Waals surface area contributed by atoms with E-state index in [2.05, 4.69) is 9.82 Å². The monoisotopic (exact) mass is 329 g/mol. The molecule has 0 saturated heterocycles. The molecule has 8 heteroatoms. The van der Waals surface area contributed by atoms with Gasteiger partial charge in [-0.05, 0) is 31.7 Å². The number of sulfonamides is 1. The molecule has 2 aromatic rings. The zero-order valence-electron chi connectivity index (χ0n) is 12.5. The Morgan fingerprint density at radius 1 is 1.38 bits per heavy atom. The predicted octanol–water partition coefficient (Wildman–Crippen LogP) is 1.38. The minimum Gasteiger partial charge on any atom is -0.391 e. The summed E-state index contributed by atoms with van der Waals surface area (Å²) < 4.78 is 29.2. The van der Waals surface area contributed by atoms with Crippen LogP contribution in [0.15, 0.2) is 10.3 Å². The Morgan fingerprint density at radius 3 is 2.57 bits per heavy atom. The van der Waals surface area contributed by atoms with Gasteiger partial charge >= 0.3 is 0 Å². The first-order chi connectivity index (χ1) is 9.77. The van der Waals surface area contributed by atoms with Crippen molar-refractivity contribution in [3.63, 3.8) is 0 Å². The second-order valence-electron chi connectivity index (χ2n) is 4.93. The van der Waals surface area contributed by atoms with Gasteiger partial charge in [0.15, 0.2) is 0 Å². The fourth-order valence-electron chi connectivity index (χ4n) is 2.27. The van der Waals surface area contributed by atoms with Gasteiger partial charge < -0.3 is 5.11 Å². The molecule has 2 aromatic heterocycles. The van der Waals surface area contributed by atoms with Crippen LogP contribution in [0, 0.1) is 20.8 Å². The fraction of sp³-hybridized carbons (Fsp3) is 0.462. The summed E-state index contributed by atoms with van der Waals surface area (Å²) in [5.41, 5.74) is 3.26. The highest BCUT2D eigenvalue weighted by Gasteiger charge is 2.23. The third-order valence-corrected chi connectivity index (χ3v) is 6.35. The van der Waals surface area contributed by atoms with Crippen molar-refractivity contribution in [3.05, 3.63) is 32.8 Å². The molecule has 0 unspecified atom stereocenters. The van der Waals surface area contributed by atoms with E-state index in [1.54, 1.807) is 17.0 Å². The Kier molecular flexibility index (Phi) is 4.52. The van der Waals surface area contributed by atoms with Crippen molar-refractivity contribution in [2.45, 2.75) is 38.8 Å². The molecule has 2 rings (SSSR count). The summed E-state index contributed by atoms with van der Waals surface area (Å²) in [6, 6.07) is 0. The van der Waals surface area contributed by atoms with E-state index < -0.39 is 10.0 Å². The maximum atomic E-state index is 12.5. The van der Waals surface area contributed by atoms with Crippen molar-refractivity contribution in [1.82, 2.24) is 14.5 Å². The van der Waals surface area contributed by atoms with Gasteiger partial charge in [-0.2, -0.15) is 5.10 Å². The van der Waals surface area contributed by atoms with Gasteiger partial charge in [0.2, 0.25) is 10.0 Å². The lowest BCUT2D eigenvalue weighted by molar-refractivity contribution is 0.282. The Balaban J connectivity index is 2.28.